The normalized spacial score (nSPS) is 21.5. The van der Waals surface area contributed by atoms with Gasteiger partial charge in [0, 0.05) is 24.7 Å². The molecule has 0 bridgehead atoms. The monoisotopic (exact) mass is 328 g/mol. The Morgan fingerprint density at radius 2 is 1.79 bits per heavy atom. The Morgan fingerprint density at radius 3 is 2.50 bits per heavy atom. The molecule has 1 amide bonds. The summed E-state index contributed by atoms with van der Waals surface area (Å²) in [6.07, 6.45) is 9.87. The Kier molecular flexibility index (Phi) is 6.30. The molecule has 1 aromatic rings. The number of likely N-dealkylation sites (tertiary alicyclic amines) is 2. The predicted molar refractivity (Wildman–Crippen MR) is 99.4 cm³/mol. The topological polar surface area (TPSA) is 23.6 Å². The molecule has 2 saturated heterocycles. The van der Waals surface area contributed by atoms with Crippen LogP contribution in [0.2, 0.25) is 0 Å². The van der Waals surface area contributed by atoms with Gasteiger partial charge in [-0.25, -0.2) is 0 Å². The Balaban J connectivity index is 1.57. The van der Waals surface area contributed by atoms with Crippen LogP contribution in [0.4, 0.5) is 0 Å². The maximum Gasteiger partial charge on any atom is 0.254 e. The van der Waals surface area contributed by atoms with Gasteiger partial charge in [-0.1, -0.05) is 31.9 Å². The molecule has 0 spiro atoms. The first-order valence-electron chi connectivity index (χ1n) is 9.90. The lowest BCUT2D eigenvalue weighted by molar-refractivity contribution is 0.0709. The lowest BCUT2D eigenvalue weighted by atomic mass is 10.0. The largest absolute Gasteiger partial charge is 0.334 e. The maximum absolute atomic E-state index is 12.9. The fourth-order valence-corrected chi connectivity index (χ4v) is 4.12. The van der Waals surface area contributed by atoms with Crippen molar-refractivity contribution in [1.82, 2.24) is 9.80 Å². The number of nitrogens with zero attached hydrogens (tertiary/aromatic N) is 2. The molecule has 2 heterocycles. The van der Waals surface area contributed by atoms with Crippen molar-refractivity contribution in [1.29, 1.82) is 0 Å². The molecule has 0 aliphatic carbocycles. The van der Waals surface area contributed by atoms with E-state index < -0.39 is 0 Å². The van der Waals surface area contributed by atoms with Gasteiger partial charge in [0.15, 0.2) is 0 Å². The number of aryl methyl sites for hydroxylation is 1. The van der Waals surface area contributed by atoms with Gasteiger partial charge in [-0.2, -0.15) is 0 Å². The Bertz CT molecular complexity index is 519. The lowest BCUT2D eigenvalue weighted by Crippen LogP contribution is -2.42. The highest BCUT2D eigenvalue weighted by Crippen LogP contribution is 2.23. The van der Waals surface area contributed by atoms with Crippen molar-refractivity contribution in [2.45, 2.75) is 64.3 Å². The first kappa shape index (κ1) is 17.5. The van der Waals surface area contributed by atoms with Crippen molar-refractivity contribution in [3.05, 3.63) is 35.4 Å². The van der Waals surface area contributed by atoms with E-state index >= 15 is 0 Å². The smallest absolute Gasteiger partial charge is 0.254 e. The third-order valence-electron chi connectivity index (χ3n) is 5.58. The van der Waals surface area contributed by atoms with E-state index in [1.807, 2.05) is 12.1 Å². The fraction of sp³-hybridized carbons (Fsp3) is 0.667. The molecule has 2 aliphatic heterocycles. The number of hydrogen-bond donors (Lipinski definition) is 0. The molecular formula is C21H32N2O. The van der Waals surface area contributed by atoms with Gasteiger partial charge in [-0.05, 0) is 69.3 Å². The van der Waals surface area contributed by atoms with Crippen molar-refractivity contribution < 1.29 is 4.79 Å². The van der Waals surface area contributed by atoms with E-state index in [4.69, 9.17) is 0 Å². The minimum absolute atomic E-state index is 0.233. The summed E-state index contributed by atoms with van der Waals surface area (Å²) in [4.78, 5) is 17.6. The Hall–Kier alpha value is -1.35. The molecule has 1 atom stereocenters. The average Bonchev–Trinajstić information content (AvgIpc) is 3.27. The first-order chi connectivity index (χ1) is 11.8. The summed E-state index contributed by atoms with van der Waals surface area (Å²) in [6.45, 7) is 6.66. The summed E-state index contributed by atoms with van der Waals surface area (Å²) < 4.78 is 0. The molecule has 0 saturated carbocycles. The summed E-state index contributed by atoms with van der Waals surface area (Å²) in [7, 11) is 0. The van der Waals surface area contributed by atoms with E-state index in [-0.39, 0.29) is 5.91 Å². The summed E-state index contributed by atoms with van der Waals surface area (Å²) >= 11 is 0. The third-order valence-corrected chi connectivity index (χ3v) is 5.58. The first-order valence-corrected chi connectivity index (χ1v) is 9.90. The zero-order valence-corrected chi connectivity index (χ0v) is 15.2. The van der Waals surface area contributed by atoms with Gasteiger partial charge in [0.05, 0.1) is 0 Å². The van der Waals surface area contributed by atoms with E-state index in [2.05, 4.69) is 28.9 Å². The minimum Gasteiger partial charge on any atom is -0.334 e. The van der Waals surface area contributed by atoms with Crippen LogP contribution in [0, 0.1) is 0 Å². The van der Waals surface area contributed by atoms with E-state index in [1.54, 1.807) is 0 Å². The Morgan fingerprint density at radius 1 is 1.04 bits per heavy atom. The van der Waals surface area contributed by atoms with Crippen LogP contribution in [0.15, 0.2) is 24.3 Å². The zero-order chi connectivity index (χ0) is 16.8. The summed E-state index contributed by atoms with van der Waals surface area (Å²) in [5.74, 6) is 0.233. The van der Waals surface area contributed by atoms with E-state index in [0.29, 0.717) is 6.04 Å². The fourth-order valence-electron chi connectivity index (χ4n) is 4.12. The quantitative estimate of drug-likeness (QED) is 0.703. The van der Waals surface area contributed by atoms with E-state index in [0.717, 1.165) is 37.9 Å². The van der Waals surface area contributed by atoms with Crippen LogP contribution in [-0.4, -0.2) is 47.9 Å². The highest BCUT2D eigenvalue weighted by Gasteiger charge is 2.31. The third kappa shape index (κ3) is 4.38. The van der Waals surface area contributed by atoms with Crippen molar-refractivity contribution in [3.8, 4) is 0 Å². The molecule has 3 rings (SSSR count). The van der Waals surface area contributed by atoms with Gasteiger partial charge in [-0.15, -0.1) is 0 Å². The minimum atomic E-state index is 0.233. The van der Waals surface area contributed by atoms with Crippen LogP contribution in [-0.2, 0) is 6.42 Å². The number of carbonyl (C=O) groups excluding carboxylic acids is 1. The lowest BCUT2D eigenvalue weighted by Gasteiger charge is -2.28. The SMILES string of the molecule is CCCCCc1ccc(C(=O)N2CCCC2CN2CCCC2)cc1. The van der Waals surface area contributed by atoms with Gasteiger partial charge in [0.2, 0.25) is 0 Å². The number of benzene rings is 1. The van der Waals surface area contributed by atoms with Crippen LogP contribution < -0.4 is 0 Å². The summed E-state index contributed by atoms with van der Waals surface area (Å²) in [5.41, 5.74) is 2.22. The second kappa shape index (κ2) is 8.66. The summed E-state index contributed by atoms with van der Waals surface area (Å²) in [6, 6.07) is 8.78. The molecule has 3 heteroatoms. The van der Waals surface area contributed by atoms with Crippen molar-refractivity contribution in [2.24, 2.45) is 0 Å². The standard InChI is InChI=1S/C21H32N2O/c1-2-3-4-8-18-10-12-19(13-11-18)21(24)23-16-7-9-20(23)17-22-14-5-6-15-22/h10-13,20H,2-9,14-17H2,1H3. The van der Waals surface area contributed by atoms with Crippen LogP contribution >= 0.6 is 0 Å². The number of amides is 1. The van der Waals surface area contributed by atoms with Gasteiger partial charge < -0.3 is 9.80 Å². The molecule has 2 aliphatic rings. The highest BCUT2D eigenvalue weighted by molar-refractivity contribution is 5.94. The van der Waals surface area contributed by atoms with Gasteiger partial charge in [0.25, 0.3) is 5.91 Å². The van der Waals surface area contributed by atoms with E-state index in [9.17, 15) is 4.79 Å². The molecule has 0 N–H and O–H groups in total. The van der Waals surface area contributed by atoms with Crippen LogP contribution in [0.1, 0.15) is 67.8 Å². The van der Waals surface area contributed by atoms with Crippen LogP contribution in [0.25, 0.3) is 0 Å². The summed E-state index contributed by atoms with van der Waals surface area (Å²) in [5, 5.41) is 0. The molecule has 3 nitrogen and oxygen atoms in total. The predicted octanol–water partition coefficient (Wildman–Crippen LogP) is 4.12. The molecule has 24 heavy (non-hydrogen) atoms. The van der Waals surface area contributed by atoms with Crippen LogP contribution in [0.3, 0.4) is 0 Å². The average molecular weight is 329 g/mol. The van der Waals surface area contributed by atoms with Crippen molar-refractivity contribution in [2.75, 3.05) is 26.2 Å². The van der Waals surface area contributed by atoms with Gasteiger partial charge in [-0.3, -0.25) is 4.79 Å². The molecule has 0 aromatic heterocycles. The molecule has 1 unspecified atom stereocenters. The zero-order valence-electron chi connectivity index (χ0n) is 15.2. The van der Waals surface area contributed by atoms with E-state index in [1.165, 1.54) is 50.8 Å². The number of carbonyl (C=O) groups is 1. The van der Waals surface area contributed by atoms with Gasteiger partial charge in [0.1, 0.15) is 0 Å². The molecule has 2 fully saturated rings. The second-order valence-corrected chi connectivity index (χ2v) is 7.46. The molecule has 0 radical (unpaired) electrons. The molecule has 1 aromatic carbocycles. The van der Waals surface area contributed by atoms with Gasteiger partial charge >= 0.3 is 0 Å². The maximum atomic E-state index is 12.9. The Labute approximate surface area is 147 Å². The molecular weight excluding hydrogens is 296 g/mol. The molecule has 132 valence electrons. The number of hydrogen-bond acceptors (Lipinski definition) is 2. The highest BCUT2D eigenvalue weighted by atomic mass is 16.2. The number of rotatable bonds is 7. The number of unbranched alkanes of at least 4 members (excludes halogenated alkanes) is 2. The van der Waals surface area contributed by atoms with Crippen molar-refractivity contribution in [3.63, 3.8) is 0 Å². The van der Waals surface area contributed by atoms with Crippen LogP contribution in [0.5, 0.6) is 0 Å². The van der Waals surface area contributed by atoms with Crippen molar-refractivity contribution >= 4 is 5.91 Å². The second-order valence-electron chi connectivity index (χ2n) is 7.46.